The number of halogens is 1. The van der Waals surface area contributed by atoms with Gasteiger partial charge in [-0.1, -0.05) is 29.8 Å². The highest BCUT2D eigenvalue weighted by molar-refractivity contribution is 7.92. The molecule has 0 aromatic heterocycles. The third-order valence-corrected chi connectivity index (χ3v) is 6.65. The van der Waals surface area contributed by atoms with Crippen molar-refractivity contribution in [3.8, 4) is 28.7 Å². The van der Waals surface area contributed by atoms with Crippen LogP contribution in [0.3, 0.4) is 0 Å². The third-order valence-electron chi connectivity index (χ3n) is 5.05. The Bertz CT molecular complexity index is 1310. The Labute approximate surface area is 210 Å². The van der Waals surface area contributed by atoms with Gasteiger partial charge in [0.05, 0.1) is 46.1 Å². The zero-order valence-corrected chi connectivity index (χ0v) is 21.5. The summed E-state index contributed by atoms with van der Waals surface area (Å²) in [6, 6.07) is 12.8. The minimum Gasteiger partial charge on any atom is -0.493 e. The molecule has 0 unspecified atom stereocenters. The smallest absolute Gasteiger partial charge is 0.261 e. The summed E-state index contributed by atoms with van der Waals surface area (Å²) in [7, 11) is 3.62. The van der Waals surface area contributed by atoms with Crippen molar-refractivity contribution in [1.82, 2.24) is 0 Å². The molecule has 0 bridgehead atoms. The van der Waals surface area contributed by atoms with Crippen LogP contribution in [-0.4, -0.2) is 44.0 Å². The number of sulfonamides is 1. The Hall–Kier alpha value is -3.56. The van der Waals surface area contributed by atoms with Gasteiger partial charge in [0.25, 0.3) is 10.0 Å². The highest BCUT2D eigenvalue weighted by Crippen LogP contribution is 2.39. The zero-order chi connectivity index (χ0) is 25.6. The summed E-state index contributed by atoms with van der Waals surface area (Å²) in [5.41, 5.74) is 1.55. The van der Waals surface area contributed by atoms with E-state index in [2.05, 4.69) is 4.72 Å². The van der Waals surface area contributed by atoms with Crippen molar-refractivity contribution in [2.24, 2.45) is 0 Å². The number of nitrogens with one attached hydrogen (secondary N) is 1. The van der Waals surface area contributed by atoms with E-state index in [9.17, 15) is 8.42 Å². The number of anilines is 1. The van der Waals surface area contributed by atoms with Gasteiger partial charge in [-0.3, -0.25) is 4.72 Å². The summed E-state index contributed by atoms with van der Waals surface area (Å²) in [6.07, 6.45) is 3.52. The van der Waals surface area contributed by atoms with Gasteiger partial charge in [0.15, 0.2) is 23.0 Å². The molecule has 3 rings (SSSR count). The van der Waals surface area contributed by atoms with E-state index in [-0.39, 0.29) is 10.6 Å². The normalized spacial score (nSPS) is 11.3. The van der Waals surface area contributed by atoms with Gasteiger partial charge < -0.3 is 23.7 Å². The molecular formula is C25H26ClNO7S. The van der Waals surface area contributed by atoms with Gasteiger partial charge in [0, 0.05) is 16.7 Å². The zero-order valence-electron chi connectivity index (χ0n) is 19.9. The van der Waals surface area contributed by atoms with Crippen LogP contribution in [-0.2, 0) is 10.0 Å². The predicted molar refractivity (Wildman–Crippen MR) is 137 cm³/mol. The molecule has 3 aromatic rings. The minimum absolute atomic E-state index is 0.0272. The first-order valence-corrected chi connectivity index (χ1v) is 12.1. The first-order valence-electron chi connectivity index (χ1n) is 10.3. The molecular weight excluding hydrogens is 494 g/mol. The van der Waals surface area contributed by atoms with Crippen LogP contribution in [0.2, 0.25) is 5.02 Å². The monoisotopic (exact) mass is 519 g/mol. The SMILES string of the molecule is COc1cc(C=Cc2cc(OC)c(OC)c(OC)c2)c(NS(=O)(=O)c2cccc(Cl)c2)cc1OC. The van der Waals surface area contributed by atoms with E-state index >= 15 is 0 Å². The first-order chi connectivity index (χ1) is 16.8. The van der Waals surface area contributed by atoms with E-state index in [0.29, 0.717) is 39.3 Å². The quantitative estimate of drug-likeness (QED) is 0.361. The average Bonchev–Trinajstić information content (AvgIpc) is 2.86. The third kappa shape index (κ3) is 5.93. The van der Waals surface area contributed by atoms with Crippen molar-refractivity contribution in [2.45, 2.75) is 4.90 Å². The molecule has 0 aliphatic heterocycles. The van der Waals surface area contributed by atoms with Gasteiger partial charge in [-0.2, -0.15) is 0 Å². The van der Waals surface area contributed by atoms with E-state index in [0.717, 1.165) is 5.56 Å². The van der Waals surface area contributed by atoms with Gasteiger partial charge in [-0.05, 0) is 42.0 Å². The van der Waals surface area contributed by atoms with Crippen LogP contribution in [0.25, 0.3) is 12.2 Å². The van der Waals surface area contributed by atoms with E-state index < -0.39 is 10.0 Å². The van der Waals surface area contributed by atoms with E-state index in [1.54, 1.807) is 48.6 Å². The van der Waals surface area contributed by atoms with Crippen molar-refractivity contribution < 1.29 is 32.1 Å². The van der Waals surface area contributed by atoms with Gasteiger partial charge in [-0.25, -0.2) is 8.42 Å². The predicted octanol–water partition coefficient (Wildman–Crippen LogP) is 5.35. The molecule has 0 aliphatic rings. The Morgan fingerprint density at radius 2 is 1.34 bits per heavy atom. The lowest BCUT2D eigenvalue weighted by atomic mass is 10.1. The van der Waals surface area contributed by atoms with Gasteiger partial charge in [0.1, 0.15) is 0 Å². The molecule has 0 radical (unpaired) electrons. The molecule has 8 nitrogen and oxygen atoms in total. The van der Waals surface area contributed by atoms with Crippen LogP contribution < -0.4 is 28.4 Å². The molecule has 35 heavy (non-hydrogen) atoms. The van der Waals surface area contributed by atoms with E-state index in [4.69, 9.17) is 35.3 Å². The maximum Gasteiger partial charge on any atom is 0.261 e. The molecule has 0 aliphatic carbocycles. The number of ether oxygens (including phenoxy) is 5. The summed E-state index contributed by atoms with van der Waals surface area (Å²) < 4.78 is 55.7. The average molecular weight is 520 g/mol. The second-order valence-electron chi connectivity index (χ2n) is 7.15. The van der Waals surface area contributed by atoms with Crippen LogP contribution in [0.5, 0.6) is 28.7 Å². The van der Waals surface area contributed by atoms with Crippen molar-refractivity contribution in [2.75, 3.05) is 40.3 Å². The Morgan fingerprint density at radius 3 is 1.89 bits per heavy atom. The second-order valence-corrected chi connectivity index (χ2v) is 9.27. The standard InChI is InChI=1S/C25H26ClNO7S/c1-30-21-13-17(10-9-16-11-23(32-3)25(34-5)24(12-16)33-4)20(15-22(21)31-2)27-35(28,29)19-8-6-7-18(26)14-19/h6-15,27H,1-5H3. The molecule has 3 aromatic carbocycles. The van der Waals surface area contributed by atoms with Crippen LogP contribution in [0.1, 0.15) is 11.1 Å². The molecule has 0 saturated heterocycles. The van der Waals surface area contributed by atoms with Crippen molar-refractivity contribution in [3.05, 3.63) is 64.7 Å². The molecule has 10 heteroatoms. The molecule has 0 amide bonds. The number of rotatable bonds is 10. The van der Waals surface area contributed by atoms with E-state index in [1.165, 1.54) is 47.7 Å². The molecule has 0 heterocycles. The first kappa shape index (κ1) is 26.1. The van der Waals surface area contributed by atoms with E-state index in [1.807, 2.05) is 0 Å². The fraction of sp³-hybridized carbons (Fsp3) is 0.200. The molecule has 0 spiro atoms. The van der Waals surface area contributed by atoms with Crippen LogP contribution >= 0.6 is 11.6 Å². The van der Waals surface area contributed by atoms with Crippen LogP contribution in [0.4, 0.5) is 5.69 Å². The Morgan fingerprint density at radius 1 is 0.743 bits per heavy atom. The fourth-order valence-electron chi connectivity index (χ4n) is 3.34. The van der Waals surface area contributed by atoms with Crippen LogP contribution in [0.15, 0.2) is 53.4 Å². The maximum atomic E-state index is 13.1. The fourth-order valence-corrected chi connectivity index (χ4v) is 4.72. The highest BCUT2D eigenvalue weighted by atomic mass is 35.5. The lowest BCUT2D eigenvalue weighted by molar-refractivity contribution is 0.324. The van der Waals surface area contributed by atoms with Gasteiger partial charge in [-0.15, -0.1) is 0 Å². The van der Waals surface area contributed by atoms with Gasteiger partial charge >= 0.3 is 0 Å². The Kier molecular flexibility index (Phi) is 8.37. The number of hydrogen-bond donors (Lipinski definition) is 1. The molecule has 0 atom stereocenters. The Balaban J connectivity index is 2.09. The van der Waals surface area contributed by atoms with Crippen LogP contribution in [0, 0.1) is 0 Å². The minimum atomic E-state index is -3.94. The van der Waals surface area contributed by atoms with Crippen molar-refractivity contribution in [1.29, 1.82) is 0 Å². The molecule has 1 N–H and O–H groups in total. The van der Waals surface area contributed by atoms with Gasteiger partial charge in [0.2, 0.25) is 5.75 Å². The largest absolute Gasteiger partial charge is 0.493 e. The topological polar surface area (TPSA) is 92.3 Å². The second kappa shape index (κ2) is 11.2. The molecule has 186 valence electrons. The lowest BCUT2D eigenvalue weighted by Crippen LogP contribution is -2.14. The highest BCUT2D eigenvalue weighted by Gasteiger charge is 2.19. The summed E-state index contributed by atoms with van der Waals surface area (Å²) in [6.45, 7) is 0. The number of benzene rings is 3. The lowest BCUT2D eigenvalue weighted by Gasteiger charge is -2.15. The number of methoxy groups -OCH3 is 5. The molecule has 0 fully saturated rings. The summed E-state index contributed by atoms with van der Waals surface area (Å²) in [5.74, 6) is 2.23. The number of hydrogen-bond acceptors (Lipinski definition) is 7. The van der Waals surface area contributed by atoms with Crippen molar-refractivity contribution in [3.63, 3.8) is 0 Å². The van der Waals surface area contributed by atoms with Crippen molar-refractivity contribution >= 4 is 39.5 Å². The summed E-state index contributed by atoms with van der Waals surface area (Å²) in [4.78, 5) is 0.0272. The summed E-state index contributed by atoms with van der Waals surface area (Å²) in [5, 5.41) is 0.308. The molecule has 0 saturated carbocycles. The maximum absolute atomic E-state index is 13.1. The summed E-state index contributed by atoms with van der Waals surface area (Å²) >= 11 is 5.99.